The van der Waals surface area contributed by atoms with Gasteiger partial charge < -0.3 is 14.4 Å². The van der Waals surface area contributed by atoms with Gasteiger partial charge in [0, 0.05) is 24.6 Å². The molecule has 1 aliphatic rings. The summed E-state index contributed by atoms with van der Waals surface area (Å²) in [6, 6.07) is 20.4. The largest absolute Gasteiger partial charge is 0.464 e. The second kappa shape index (κ2) is 14.1. The van der Waals surface area contributed by atoms with E-state index >= 15 is 0 Å². The Morgan fingerprint density at radius 1 is 1.06 bits per heavy atom. The fourth-order valence-corrected chi connectivity index (χ4v) is 5.11. The number of carbonyl (C=O) groups is 2. The first kappa shape index (κ1) is 26.3. The molecule has 6 nitrogen and oxygen atoms in total. The van der Waals surface area contributed by atoms with Gasteiger partial charge in [0.05, 0.1) is 19.4 Å². The Kier molecular flexibility index (Phi) is 10.9. The van der Waals surface area contributed by atoms with E-state index in [-0.39, 0.29) is 18.7 Å². The fourth-order valence-electron chi connectivity index (χ4n) is 4.07. The Labute approximate surface area is 207 Å². The molecule has 1 fully saturated rings. The van der Waals surface area contributed by atoms with E-state index in [1.54, 1.807) is 25.6 Å². The van der Waals surface area contributed by atoms with Crippen molar-refractivity contribution >= 4 is 23.6 Å². The number of esters is 1. The highest BCUT2D eigenvalue weighted by molar-refractivity contribution is 7.98. The van der Waals surface area contributed by atoms with Crippen LogP contribution in [0.1, 0.15) is 43.7 Å². The van der Waals surface area contributed by atoms with Crippen LogP contribution in [0, 0.1) is 0 Å². The van der Waals surface area contributed by atoms with Crippen molar-refractivity contribution in [1.29, 1.82) is 0 Å². The highest BCUT2D eigenvalue weighted by Gasteiger charge is 2.29. The molecule has 1 heterocycles. The molecular formula is C27H36N2O4S. The summed E-state index contributed by atoms with van der Waals surface area (Å²) in [5, 5.41) is 3.23. The van der Waals surface area contributed by atoms with Gasteiger partial charge in [-0.05, 0) is 43.7 Å². The molecule has 0 aliphatic carbocycles. The van der Waals surface area contributed by atoms with Crippen molar-refractivity contribution in [2.24, 2.45) is 0 Å². The van der Waals surface area contributed by atoms with Gasteiger partial charge in [0.1, 0.15) is 0 Å². The topological polar surface area (TPSA) is 67.9 Å². The minimum atomic E-state index is -0.679. The van der Waals surface area contributed by atoms with Gasteiger partial charge in [-0.15, -0.1) is 0 Å². The lowest BCUT2D eigenvalue weighted by atomic mass is 9.89. The normalized spacial score (nSPS) is 16.1. The molecule has 2 aromatic rings. The van der Waals surface area contributed by atoms with Gasteiger partial charge in [-0.1, -0.05) is 60.7 Å². The number of carbonyl (C=O) groups excluding carboxylic acids is 2. The lowest BCUT2D eigenvalue weighted by Crippen LogP contribution is -2.51. The first-order chi connectivity index (χ1) is 16.6. The second-order valence-corrected chi connectivity index (χ2v) is 9.50. The first-order valence-electron chi connectivity index (χ1n) is 12.1. The number of hydrogen-bond acceptors (Lipinski definition) is 6. The van der Waals surface area contributed by atoms with E-state index < -0.39 is 12.1 Å². The molecule has 34 heavy (non-hydrogen) atoms. The third-order valence-corrected chi connectivity index (χ3v) is 7.16. The number of likely N-dealkylation sites (tertiary alicyclic amines) is 1. The average molecular weight is 485 g/mol. The van der Waals surface area contributed by atoms with Crippen LogP contribution in [-0.4, -0.2) is 61.1 Å². The smallest absolute Gasteiger partial charge is 0.335 e. The van der Waals surface area contributed by atoms with Crippen LogP contribution in [0.25, 0.3) is 0 Å². The van der Waals surface area contributed by atoms with E-state index in [0.717, 1.165) is 31.7 Å². The number of thioether (sulfide) groups is 1. The molecule has 1 unspecified atom stereocenters. The summed E-state index contributed by atoms with van der Waals surface area (Å²) in [5.41, 5.74) is 2.58. The molecule has 184 valence electrons. The van der Waals surface area contributed by atoms with E-state index in [1.807, 2.05) is 29.2 Å². The number of nitrogens with zero attached hydrogens (tertiary/aromatic N) is 1. The summed E-state index contributed by atoms with van der Waals surface area (Å²) in [7, 11) is 0. The molecule has 0 radical (unpaired) electrons. The highest BCUT2D eigenvalue weighted by Crippen LogP contribution is 2.28. The number of nitrogens with one attached hydrogen (secondary N) is 1. The summed E-state index contributed by atoms with van der Waals surface area (Å²) >= 11 is 1.72. The first-order valence-corrected chi connectivity index (χ1v) is 13.2. The van der Waals surface area contributed by atoms with Crippen LogP contribution in [0.2, 0.25) is 0 Å². The Hall–Kier alpha value is -2.35. The van der Waals surface area contributed by atoms with Crippen LogP contribution in [0.15, 0.2) is 60.7 Å². The molecular weight excluding hydrogens is 448 g/mol. The predicted octanol–water partition coefficient (Wildman–Crippen LogP) is 4.21. The zero-order valence-corrected chi connectivity index (χ0v) is 21.0. The summed E-state index contributed by atoms with van der Waals surface area (Å²) in [6.45, 7) is 5.36. The maximum atomic E-state index is 13.4. The zero-order valence-electron chi connectivity index (χ0n) is 20.2. The minimum Gasteiger partial charge on any atom is -0.464 e. The molecule has 1 N–H and O–H groups in total. The maximum absolute atomic E-state index is 13.4. The van der Waals surface area contributed by atoms with E-state index in [0.29, 0.717) is 18.3 Å². The molecule has 3 rings (SSSR count). The van der Waals surface area contributed by atoms with Gasteiger partial charge in [0.15, 0.2) is 6.10 Å². The highest BCUT2D eigenvalue weighted by atomic mass is 32.2. The Morgan fingerprint density at radius 3 is 2.35 bits per heavy atom. The molecule has 1 amide bonds. The zero-order chi connectivity index (χ0) is 24.2. The fraction of sp³-hybridized carbons (Fsp3) is 0.481. The molecule has 2 aromatic carbocycles. The lowest BCUT2D eigenvalue weighted by molar-refractivity contribution is -0.156. The SMILES string of the molecule is CCOC(=O)[C@H](C)OCNC(CSCc1ccccc1)C(=O)N1CCC(c2ccccc2)CC1. The quantitative estimate of drug-likeness (QED) is 0.360. The number of amides is 1. The van der Waals surface area contributed by atoms with Crippen LogP contribution < -0.4 is 5.32 Å². The van der Waals surface area contributed by atoms with Crippen molar-refractivity contribution in [3.63, 3.8) is 0 Å². The van der Waals surface area contributed by atoms with Crippen LogP contribution >= 0.6 is 11.8 Å². The van der Waals surface area contributed by atoms with Gasteiger partial charge >= 0.3 is 5.97 Å². The van der Waals surface area contributed by atoms with E-state index in [4.69, 9.17) is 9.47 Å². The summed E-state index contributed by atoms with van der Waals surface area (Å²) in [5.74, 6) is 1.66. The monoisotopic (exact) mass is 484 g/mol. The lowest BCUT2D eigenvalue weighted by Gasteiger charge is -2.34. The van der Waals surface area contributed by atoms with Gasteiger partial charge in [-0.25, -0.2) is 4.79 Å². The average Bonchev–Trinajstić information content (AvgIpc) is 2.88. The molecule has 7 heteroatoms. The molecule has 0 saturated carbocycles. The van der Waals surface area contributed by atoms with E-state index in [9.17, 15) is 9.59 Å². The molecule has 2 atom stereocenters. The number of ether oxygens (including phenoxy) is 2. The van der Waals surface area contributed by atoms with Crippen molar-refractivity contribution in [2.45, 2.75) is 50.5 Å². The Morgan fingerprint density at radius 2 is 1.71 bits per heavy atom. The van der Waals surface area contributed by atoms with Crippen molar-refractivity contribution in [3.05, 3.63) is 71.8 Å². The number of piperidine rings is 1. The molecule has 0 bridgehead atoms. The minimum absolute atomic E-state index is 0.0967. The predicted molar refractivity (Wildman–Crippen MR) is 137 cm³/mol. The van der Waals surface area contributed by atoms with Crippen LogP contribution in [0.4, 0.5) is 0 Å². The van der Waals surface area contributed by atoms with Gasteiger partial charge in [-0.2, -0.15) is 11.8 Å². The standard InChI is InChI=1S/C27H36N2O4S/c1-3-32-27(31)21(2)33-20-28-25(19-34-18-22-10-6-4-7-11-22)26(30)29-16-14-24(15-17-29)23-12-8-5-9-13-23/h4-13,21,24-25,28H,3,14-20H2,1-2H3/t21-,25?/m0/s1. The van der Waals surface area contributed by atoms with Crippen LogP contribution in [0.3, 0.4) is 0 Å². The summed E-state index contributed by atoms with van der Waals surface area (Å²) in [6.07, 6.45) is 1.26. The van der Waals surface area contributed by atoms with Gasteiger partial charge in [0.25, 0.3) is 0 Å². The Bertz CT molecular complexity index is 873. The van der Waals surface area contributed by atoms with E-state index in [2.05, 4.69) is 41.7 Å². The second-order valence-electron chi connectivity index (χ2n) is 8.47. The number of rotatable bonds is 12. The molecule has 0 spiro atoms. The van der Waals surface area contributed by atoms with Crippen LogP contribution in [-0.2, 0) is 24.8 Å². The van der Waals surface area contributed by atoms with Crippen molar-refractivity contribution in [3.8, 4) is 0 Å². The number of hydrogen-bond donors (Lipinski definition) is 1. The van der Waals surface area contributed by atoms with E-state index in [1.165, 1.54) is 11.1 Å². The van der Waals surface area contributed by atoms with Gasteiger partial charge in [-0.3, -0.25) is 10.1 Å². The number of benzene rings is 2. The third-order valence-electron chi connectivity index (χ3n) is 6.05. The van der Waals surface area contributed by atoms with Crippen molar-refractivity contribution in [2.75, 3.05) is 32.2 Å². The maximum Gasteiger partial charge on any atom is 0.335 e. The molecule has 1 saturated heterocycles. The summed E-state index contributed by atoms with van der Waals surface area (Å²) in [4.78, 5) is 27.2. The van der Waals surface area contributed by atoms with Crippen LogP contribution in [0.5, 0.6) is 0 Å². The Balaban J connectivity index is 1.54. The summed E-state index contributed by atoms with van der Waals surface area (Å²) < 4.78 is 10.6. The molecule has 1 aliphatic heterocycles. The molecule has 0 aromatic heterocycles. The third kappa shape index (κ3) is 8.15. The van der Waals surface area contributed by atoms with Crippen molar-refractivity contribution < 1.29 is 19.1 Å². The van der Waals surface area contributed by atoms with Gasteiger partial charge in [0.2, 0.25) is 5.91 Å². The van der Waals surface area contributed by atoms with Crippen molar-refractivity contribution in [1.82, 2.24) is 10.2 Å².